The third-order valence-electron chi connectivity index (χ3n) is 5.31. The second-order valence-corrected chi connectivity index (χ2v) is 6.70. The van der Waals surface area contributed by atoms with Gasteiger partial charge in [-0.05, 0) is 63.0 Å². The Bertz CT molecular complexity index is 472. The summed E-state index contributed by atoms with van der Waals surface area (Å²) in [5.74, 6) is 0.399. The Labute approximate surface area is 127 Å². The van der Waals surface area contributed by atoms with Gasteiger partial charge in [-0.2, -0.15) is 0 Å². The maximum Gasteiger partial charge on any atom is 0.145 e. The van der Waals surface area contributed by atoms with Gasteiger partial charge < -0.3 is 10.1 Å². The Morgan fingerprint density at radius 3 is 2.57 bits per heavy atom. The highest BCUT2D eigenvalue weighted by molar-refractivity contribution is 5.57. The fraction of sp³-hybridized carbons (Fsp3) is 0.667. The van der Waals surface area contributed by atoms with Crippen molar-refractivity contribution in [3.05, 3.63) is 24.0 Å². The van der Waals surface area contributed by atoms with Gasteiger partial charge in [0, 0.05) is 12.1 Å². The van der Waals surface area contributed by atoms with Crippen molar-refractivity contribution in [3.63, 3.8) is 0 Å². The van der Waals surface area contributed by atoms with Crippen LogP contribution < -0.4 is 10.1 Å². The number of rotatable bonds is 4. The van der Waals surface area contributed by atoms with E-state index in [0.29, 0.717) is 23.8 Å². The van der Waals surface area contributed by atoms with E-state index in [1.54, 1.807) is 6.07 Å². The highest BCUT2D eigenvalue weighted by atomic mass is 19.1. The van der Waals surface area contributed by atoms with Crippen LogP contribution in [0.4, 0.5) is 10.1 Å². The van der Waals surface area contributed by atoms with Crippen LogP contribution >= 0.6 is 0 Å². The van der Waals surface area contributed by atoms with Crippen LogP contribution in [0.1, 0.15) is 58.3 Å². The molecular weight excluding hydrogens is 265 g/mol. The highest BCUT2D eigenvalue weighted by Gasteiger charge is 2.37. The van der Waals surface area contributed by atoms with E-state index < -0.39 is 0 Å². The van der Waals surface area contributed by atoms with Crippen molar-refractivity contribution in [1.29, 1.82) is 0 Å². The normalized spacial score (nSPS) is 21.6. The smallest absolute Gasteiger partial charge is 0.145 e. The average Bonchev–Trinajstić information content (AvgIpc) is 2.93. The van der Waals surface area contributed by atoms with Crippen LogP contribution in [0.3, 0.4) is 0 Å². The standard InChI is InChI=1S/C18H26FNO/c1-2-21-17-13-14(19)5-6-16(17)20-15-7-11-18(12-8-15)9-3-4-10-18/h5-6,13,15,20H,2-4,7-12H2,1H3. The molecule has 0 unspecified atom stereocenters. The van der Waals surface area contributed by atoms with Crippen molar-refractivity contribution in [2.24, 2.45) is 5.41 Å². The van der Waals surface area contributed by atoms with Gasteiger partial charge in [0.15, 0.2) is 0 Å². The first-order valence-electron chi connectivity index (χ1n) is 8.40. The second-order valence-electron chi connectivity index (χ2n) is 6.70. The SMILES string of the molecule is CCOc1cc(F)ccc1NC1CCC2(CCCC2)CC1. The van der Waals surface area contributed by atoms with Gasteiger partial charge in [0.1, 0.15) is 11.6 Å². The van der Waals surface area contributed by atoms with E-state index in [2.05, 4.69) is 5.32 Å². The molecule has 0 aromatic heterocycles. The van der Waals surface area contributed by atoms with Gasteiger partial charge in [-0.15, -0.1) is 0 Å². The monoisotopic (exact) mass is 291 g/mol. The van der Waals surface area contributed by atoms with Crippen molar-refractivity contribution in [2.45, 2.75) is 64.3 Å². The molecule has 0 atom stereocenters. The van der Waals surface area contributed by atoms with Crippen LogP contribution in [0, 0.1) is 11.2 Å². The zero-order valence-corrected chi connectivity index (χ0v) is 13.0. The molecule has 0 amide bonds. The molecule has 116 valence electrons. The van der Waals surface area contributed by atoms with E-state index in [4.69, 9.17) is 4.74 Å². The van der Waals surface area contributed by atoms with Gasteiger partial charge in [0.25, 0.3) is 0 Å². The lowest BCUT2D eigenvalue weighted by molar-refractivity contribution is 0.188. The molecule has 21 heavy (non-hydrogen) atoms. The summed E-state index contributed by atoms with van der Waals surface area (Å²) in [7, 11) is 0. The first-order chi connectivity index (χ1) is 10.2. The molecule has 2 saturated carbocycles. The molecule has 2 aliphatic rings. The van der Waals surface area contributed by atoms with Gasteiger partial charge in [0.2, 0.25) is 0 Å². The Hall–Kier alpha value is -1.25. The van der Waals surface area contributed by atoms with Crippen LogP contribution in [-0.2, 0) is 0 Å². The van der Waals surface area contributed by atoms with Gasteiger partial charge in [-0.3, -0.25) is 0 Å². The van der Waals surface area contributed by atoms with Crippen LogP contribution in [0.25, 0.3) is 0 Å². The third kappa shape index (κ3) is 3.33. The van der Waals surface area contributed by atoms with E-state index in [1.165, 1.54) is 63.5 Å². The van der Waals surface area contributed by atoms with Crippen LogP contribution in [0.15, 0.2) is 18.2 Å². The number of hydrogen-bond acceptors (Lipinski definition) is 2. The molecule has 1 aromatic carbocycles. The molecule has 0 aliphatic heterocycles. The summed E-state index contributed by atoms with van der Waals surface area (Å²) >= 11 is 0. The first kappa shape index (κ1) is 14.7. The Balaban J connectivity index is 1.62. The van der Waals surface area contributed by atoms with Crippen LogP contribution in [0.5, 0.6) is 5.75 Å². The van der Waals surface area contributed by atoms with E-state index in [9.17, 15) is 4.39 Å². The molecule has 2 fully saturated rings. The van der Waals surface area contributed by atoms with E-state index >= 15 is 0 Å². The zero-order chi connectivity index (χ0) is 14.7. The van der Waals surface area contributed by atoms with Crippen molar-refractivity contribution in [3.8, 4) is 5.75 Å². The lowest BCUT2D eigenvalue weighted by Gasteiger charge is -2.38. The summed E-state index contributed by atoms with van der Waals surface area (Å²) < 4.78 is 18.9. The Kier molecular flexibility index (Phi) is 4.37. The molecule has 1 aromatic rings. The molecule has 0 heterocycles. The number of ether oxygens (including phenoxy) is 1. The maximum atomic E-state index is 13.3. The van der Waals surface area contributed by atoms with Gasteiger partial charge in [-0.25, -0.2) is 4.39 Å². The third-order valence-corrected chi connectivity index (χ3v) is 5.31. The number of hydrogen-bond donors (Lipinski definition) is 1. The summed E-state index contributed by atoms with van der Waals surface area (Å²) in [4.78, 5) is 0. The van der Waals surface area contributed by atoms with E-state index in [1.807, 2.05) is 6.92 Å². The molecule has 0 saturated heterocycles. The van der Waals surface area contributed by atoms with Gasteiger partial charge >= 0.3 is 0 Å². The second kappa shape index (κ2) is 6.25. The van der Waals surface area contributed by atoms with Crippen molar-refractivity contribution in [2.75, 3.05) is 11.9 Å². The Morgan fingerprint density at radius 2 is 1.90 bits per heavy atom. The fourth-order valence-corrected chi connectivity index (χ4v) is 4.11. The first-order valence-corrected chi connectivity index (χ1v) is 8.40. The minimum Gasteiger partial charge on any atom is -0.492 e. The summed E-state index contributed by atoms with van der Waals surface area (Å²) in [6.07, 6.45) is 10.8. The zero-order valence-electron chi connectivity index (χ0n) is 13.0. The van der Waals surface area contributed by atoms with Crippen LogP contribution in [0.2, 0.25) is 0 Å². The summed E-state index contributed by atoms with van der Waals surface area (Å²) in [6.45, 7) is 2.49. The lowest BCUT2D eigenvalue weighted by Crippen LogP contribution is -2.31. The minimum atomic E-state index is -0.238. The van der Waals surface area contributed by atoms with Crippen LogP contribution in [-0.4, -0.2) is 12.6 Å². The summed E-state index contributed by atoms with van der Waals surface area (Å²) in [6, 6.07) is 5.29. The molecule has 0 radical (unpaired) electrons. The number of benzene rings is 1. The van der Waals surface area contributed by atoms with E-state index in [-0.39, 0.29) is 5.82 Å². The molecule has 2 aliphatic carbocycles. The summed E-state index contributed by atoms with van der Waals surface area (Å²) in [5, 5.41) is 3.58. The lowest BCUT2D eigenvalue weighted by atomic mass is 9.71. The van der Waals surface area contributed by atoms with Gasteiger partial charge in [-0.1, -0.05) is 12.8 Å². The number of nitrogens with one attached hydrogen (secondary N) is 1. The van der Waals surface area contributed by atoms with Crippen molar-refractivity contribution < 1.29 is 9.13 Å². The van der Waals surface area contributed by atoms with E-state index in [0.717, 1.165) is 5.69 Å². The molecule has 2 nitrogen and oxygen atoms in total. The number of anilines is 1. The molecule has 1 N–H and O–H groups in total. The van der Waals surface area contributed by atoms with Crippen molar-refractivity contribution >= 4 is 5.69 Å². The predicted molar refractivity (Wildman–Crippen MR) is 84.3 cm³/mol. The minimum absolute atomic E-state index is 0.238. The quantitative estimate of drug-likeness (QED) is 0.829. The average molecular weight is 291 g/mol. The summed E-state index contributed by atoms with van der Waals surface area (Å²) in [5.41, 5.74) is 1.59. The fourth-order valence-electron chi connectivity index (χ4n) is 4.11. The van der Waals surface area contributed by atoms with Crippen molar-refractivity contribution in [1.82, 2.24) is 0 Å². The molecular formula is C18H26FNO. The molecule has 1 spiro atoms. The molecule has 3 rings (SSSR count). The maximum absolute atomic E-state index is 13.3. The largest absolute Gasteiger partial charge is 0.492 e. The topological polar surface area (TPSA) is 21.3 Å². The predicted octanol–water partition coefficient (Wildman–Crippen LogP) is 5.14. The molecule has 3 heteroatoms. The number of halogens is 1. The Morgan fingerprint density at radius 1 is 1.19 bits per heavy atom. The molecule has 0 bridgehead atoms. The highest BCUT2D eigenvalue weighted by Crippen LogP contribution is 2.49. The van der Waals surface area contributed by atoms with Gasteiger partial charge in [0.05, 0.1) is 12.3 Å².